The number of hydrogen-bond acceptors (Lipinski definition) is 5. The average molecular weight is 551 g/mol. The summed E-state index contributed by atoms with van der Waals surface area (Å²) < 4.78 is 23.8. The van der Waals surface area contributed by atoms with Gasteiger partial charge in [0.25, 0.3) is 0 Å². The molecule has 8 nitrogen and oxygen atoms in total. The number of hydrogen-bond donors (Lipinski definition) is 2. The molecule has 1 saturated heterocycles. The van der Waals surface area contributed by atoms with Crippen molar-refractivity contribution < 1.29 is 18.7 Å². The highest BCUT2D eigenvalue weighted by atomic mass is 127. The molecule has 1 amide bonds. The van der Waals surface area contributed by atoms with Crippen LogP contribution in [0.15, 0.2) is 23.2 Å². The molecule has 1 aromatic carbocycles. The molecule has 0 spiro atoms. The Labute approximate surface area is 201 Å². The second kappa shape index (κ2) is 15.3. The van der Waals surface area contributed by atoms with E-state index in [-0.39, 0.29) is 42.3 Å². The smallest absolute Gasteiger partial charge is 0.234 e. The van der Waals surface area contributed by atoms with Crippen molar-refractivity contribution in [1.29, 1.82) is 0 Å². The van der Waals surface area contributed by atoms with E-state index in [0.29, 0.717) is 31.8 Å². The predicted octanol–water partition coefficient (Wildman–Crippen LogP) is 1.44. The minimum Gasteiger partial charge on any atom is -0.383 e. The van der Waals surface area contributed by atoms with Crippen LogP contribution in [0.25, 0.3) is 0 Å². The van der Waals surface area contributed by atoms with Crippen LogP contribution in [0.1, 0.15) is 18.1 Å². The van der Waals surface area contributed by atoms with Crippen molar-refractivity contribution in [2.24, 2.45) is 4.99 Å². The van der Waals surface area contributed by atoms with Gasteiger partial charge >= 0.3 is 0 Å². The van der Waals surface area contributed by atoms with Crippen LogP contribution in [0.4, 0.5) is 4.39 Å². The maximum absolute atomic E-state index is 13.8. The Kier molecular flexibility index (Phi) is 13.6. The third-order valence-electron chi connectivity index (χ3n) is 4.82. The molecule has 10 heteroatoms. The van der Waals surface area contributed by atoms with Gasteiger partial charge in [0.05, 0.1) is 26.3 Å². The summed E-state index contributed by atoms with van der Waals surface area (Å²) in [5, 5.41) is 6.18. The van der Waals surface area contributed by atoms with Gasteiger partial charge in [0, 0.05) is 59.1 Å². The maximum atomic E-state index is 13.8. The third kappa shape index (κ3) is 9.67. The Morgan fingerprint density at radius 3 is 2.55 bits per heavy atom. The minimum atomic E-state index is -0.265. The van der Waals surface area contributed by atoms with Gasteiger partial charge in [-0.05, 0) is 24.6 Å². The summed E-state index contributed by atoms with van der Waals surface area (Å²) in [5.74, 6) is 0.586. The zero-order chi connectivity index (χ0) is 21.8. The molecular formula is C21H35FIN5O3. The predicted molar refractivity (Wildman–Crippen MR) is 130 cm³/mol. The van der Waals surface area contributed by atoms with Crippen LogP contribution in [0, 0.1) is 5.82 Å². The van der Waals surface area contributed by atoms with Gasteiger partial charge in [-0.2, -0.15) is 0 Å². The SMILES string of the molecule is CCNC(=NCc1ccc(F)c(COC)c1)N1CCN(CC(=O)NCCOC)CC1.I. The van der Waals surface area contributed by atoms with Gasteiger partial charge in [0.15, 0.2) is 5.96 Å². The van der Waals surface area contributed by atoms with Crippen LogP contribution in [0.3, 0.4) is 0 Å². The van der Waals surface area contributed by atoms with Crippen LogP contribution in [0.2, 0.25) is 0 Å². The van der Waals surface area contributed by atoms with Crippen molar-refractivity contribution in [3.8, 4) is 0 Å². The summed E-state index contributed by atoms with van der Waals surface area (Å²) in [7, 11) is 3.17. The second-order valence-electron chi connectivity index (χ2n) is 7.13. The summed E-state index contributed by atoms with van der Waals surface area (Å²) >= 11 is 0. The van der Waals surface area contributed by atoms with Crippen LogP contribution in [-0.4, -0.2) is 88.3 Å². The summed E-state index contributed by atoms with van der Waals surface area (Å²) in [6.45, 7) is 8.09. The molecule has 0 aliphatic carbocycles. The van der Waals surface area contributed by atoms with Crippen molar-refractivity contribution in [2.75, 3.05) is 66.6 Å². The number of methoxy groups -OCH3 is 2. The molecular weight excluding hydrogens is 516 g/mol. The lowest BCUT2D eigenvalue weighted by Crippen LogP contribution is -2.54. The molecule has 2 rings (SSSR count). The third-order valence-corrected chi connectivity index (χ3v) is 4.82. The largest absolute Gasteiger partial charge is 0.383 e. The zero-order valence-electron chi connectivity index (χ0n) is 18.7. The lowest BCUT2D eigenvalue weighted by atomic mass is 10.1. The van der Waals surface area contributed by atoms with Crippen LogP contribution in [-0.2, 0) is 27.4 Å². The molecule has 31 heavy (non-hydrogen) atoms. The molecule has 1 fully saturated rings. The Bertz CT molecular complexity index is 700. The second-order valence-corrected chi connectivity index (χ2v) is 7.13. The first-order valence-electron chi connectivity index (χ1n) is 10.3. The Morgan fingerprint density at radius 2 is 1.90 bits per heavy atom. The maximum Gasteiger partial charge on any atom is 0.234 e. The van der Waals surface area contributed by atoms with E-state index < -0.39 is 0 Å². The number of nitrogens with one attached hydrogen (secondary N) is 2. The van der Waals surface area contributed by atoms with E-state index in [1.165, 1.54) is 6.07 Å². The van der Waals surface area contributed by atoms with Crippen molar-refractivity contribution in [3.63, 3.8) is 0 Å². The van der Waals surface area contributed by atoms with E-state index in [0.717, 1.165) is 44.2 Å². The first kappa shape index (κ1) is 27.5. The van der Waals surface area contributed by atoms with Gasteiger partial charge in [-0.15, -0.1) is 24.0 Å². The minimum absolute atomic E-state index is 0. The van der Waals surface area contributed by atoms with Crippen LogP contribution >= 0.6 is 24.0 Å². The molecule has 1 aliphatic heterocycles. The number of amides is 1. The molecule has 1 heterocycles. The fourth-order valence-electron chi connectivity index (χ4n) is 3.25. The Balaban J connectivity index is 0.00000480. The highest BCUT2D eigenvalue weighted by Gasteiger charge is 2.21. The molecule has 0 saturated carbocycles. The van der Waals surface area contributed by atoms with Gasteiger partial charge in [-0.25, -0.2) is 9.38 Å². The standard InChI is InChI=1S/C21H34FN5O3.HI/c1-4-23-21(25-14-17-5-6-19(22)18(13-17)16-30-3)27-10-8-26(9-11-27)15-20(28)24-7-12-29-2;/h5-6,13H,4,7-12,14-16H2,1-3H3,(H,23,25)(H,24,28);1H. The number of carbonyl (C=O) groups is 1. The average Bonchev–Trinajstić information content (AvgIpc) is 2.74. The number of piperazine rings is 1. The van der Waals surface area contributed by atoms with Crippen molar-refractivity contribution in [1.82, 2.24) is 20.4 Å². The molecule has 0 radical (unpaired) electrons. The fourth-order valence-corrected chi connectivity index (χ4v) is 3.25. The highest BCUT2D eigenvalue weighted by Crippen LogP contribution is 2.13. The van der Waals surface area contributed by atoms with Gasteiger partial charge in [-0.1, -0.05) is 6.07 Å². The lowest BCUT2D eigenvalue weighted by Gasteiger charge is -2.36. The molecule has 1 aliphatic rings. The topological polar surface area (TPSA) is 78.4 Å². The molecule has 1 aromatic rings. The van der Waals surface area contributed by atoms with Crippen molar-refractivity contribution in [2.45, 2.75) is 20.1 Å². The van der Waals surface area contributed by atoms with Crippen molar-refractivity contribution in [3.05, 3.63) is 35.1 Å². The number of ether oxygens (including phenoxy) is 2. The summed E-state index contributed by atoms with van der Waals surface area (Å²) in [6.07, 6.45) is 0. The van der Waals surface area contributed by atoms with E-state index in [1.807, 2.05) is 6.92 Å². The zero-order valence-corrected chi connectivity index (χ0v) is 21.0. The number of benzene rings is 1. The van der Waals surface area contributed by atoms with Gasteiger partial charge in [-0.3, -0.25) is 9.69 Å². The number of guanidine groups is 1. The number of rotatable bonds is 10. The number of halogens is 2. The monoisotopic (exact) mass is 551 g/mol. The molecule has 0 aromatic heterocycles. The molecule has 0 atom stereocenters. The van der Waals surface area contributed by atoms with E-state index >= 15 is 0 Å². The molecule has 2 N–H and O–H groups in total. The van der Waals surface area contributed by atoms with E-state index in [1.54, 1.807) is 26.4 Å². The molecule has 0 bridgehead atoms. The van der Waals surface area contributed by atoms with E-state index in [9.17, 15) is 9.18 Å². The van der Waals surface area contributed by atoms with E-state index in [4.69, 9.17) is 14.5 Å². The van der Waals surface area contributed by atoms with Gasteiger partial charge < -0.3 is 25.0 Å². The molecule has 176 valence electrons. The number of nitrogens with zero attached hydrogens (tertiary/aromatic N) is 3. The summed E-state index contributed by atoms with van der Waals surface area (Å²) in [6, 6.07) is 5.01. The normalized spacial score (nSPS) is 14.8. The van der Waals surface area contributed by atoms with Gasteiger partial charge in [0.2, 0.25) is 5.91 Å². The summed E-state index contributed by atoms with van der Waals surface area (Å²) in [5.41, 5.74) is 1.47. The summed E-state index contributed by atoms with van der Waals surface area (Å²) in [4.78, 5) is 21.0. The Morgan fingerprint density at radius 1 is 1.16 bits per heavy atom. The quantitative estimate of drug-likeness (QED) is 0.199. The lowest BCUT2D eigenvalue weighted by molar-refractivity contribution is -0.122. The molecule has 0 unspecified atom stereocenters. The van der Waals surface area contributed by atoms with Crippen molar-refractivity contribution >= 4 is 35.8 Å². The fraction of sp³-hybridized carbons (Fsp3) is 0.619. The first-order valence-corrected chi connectivity index (χ1v) is 10.3. The number of aliphatic imine (C=N–C) groups is 1. The first-order chi connectivity index (χ1) is 14.6. The number of carbonyl (C=O) groups excluding carboxylic acids is 1. The van der Waals surface area contributed by atoms with Gasteiger partial charge in [0.1, 0.15) is 5.82 Å². The van der Waals surface area contributed by atoms with E-state index in [2.05, 4.69) is 20.4 Å². The highest BCUT2D eigenvalue weighted by molar-refractivity contribution is 14.0. The Hall–Kier alpha value is -1.50. The van der Waals surface area contributed by atoms with Crippen LogP contribution in [0.5, 0.6) is 0 Å². The van der Waals surface area contributed by atoms with Crippen LogP contribution < -0.4 is 10.6 Å².